The topological polar surface area (TPSA) is 72.2 Å². The third kappa shape index (κ3) is 3.19. The van der Waals surface area contributed by atoms with Gasteiger partial charge in [0.1, 0.15) is 5.75 Å². The first-order chi connectivity index (χ1) is 9.55. The molecule has 0 saturated carbocycles. The second-order valence-electron chi connectivity index (χ2n) is 3.77. The van der Waals surface area contributed by atoms with Gasteiger partial charge in [-0.05, 0) is 18.2 Å². The van der Waals surface area contributed by atoms with Crippen molar-refractivity contribution in [2.24, 2.45) is 5.84 Å². The molecule has 0 radical (unpaired) electrons. The van der Waals surface area contributed by atoms with Gasteiger partial charge in [-0.25, -0.2) is 10.8 Å². The predicted molar refractivity (Wildman–Crippen MR) is 83.4 cm³/mol. The van der Waals surface area contributed by atoms with E-state index in [1.165, 1.54) is 7.11 Å². The summed E-state index contributed by atoms with van der Waals surface area (Å²) in [6, 6.07) is 6.74. The fraction of sp³-hybridized carbons (Fsp3) is 0.0833. The molecule has 8 heteroatoms. The summed E-state index contributed by atoms with van der Waals surface area (Å²) in [6.45, 7) is 0. The fourth-order valence-electron chi connectivity index (χ4n) is 1.53. The summed E-state index contributed by atoms with van der Waals surface area (Å²) in [7, 11) is 1.54. The highest BCUT2D eigenvalue weighted by molar-refractivity contribution is 6.37. The lowest BCUT2D eigenvalue weighted by molar-refractivity contribution is 0.415. The van der Waals surface area contributed by atoms with E-state index in [0.717, 1.165) is 0 Å². The Hall–Kier alpha value is -1.40. The van der Waals surface area contributed by atoms with Crippen LogP contribution in [0.25, 0.3) is 0 Å². The van der Waals surface area contributed by atoms with Crippen LogP contribution in [-0.4, -0.2) is 12.1 Å². The summed E-state index contributed by atoms with van der Waals surface area (Å²) >= 11 is 18.0. The van der Waals surface area contributed by atoms with Gasteiger partial charge in [-0.2, -0.15) is 0 Å². The molecule has 2 aromatic rings. The monoisotopic (exact) mass is 332 g/mol. The minimum absolute atomic E-state index is 0.319. The van der Waals surface area contributed by atoms with Crippen LogP contribution in [0.5, 0.6) is 5.75 Å². The van der Waals surface area contributed by atoms with Crippen molar-refractivity contribution in [1.82, 2.24) is 4.98 Å². The molecule has 5 nitrogen and oxygen atoms in total. The van der Waals surface area contributed by atoms with Crippen molar-refractivity contribution in [2.75, 3.05) is 17.9 Å². The minimum Gasteiger partial charge on any atom is -0.495 e. The molecule has 0 amide bonds. The number of hydrogen-bond donors (Lipinski definition) is 3. The quantitative estimate of drug-likeness (QED) is 0.581. The average molecular weight is 334 g/mol. The Morgan fingerprint density at radius 2 is 1.75 bits per heavy atom. The number of rotatable bonds is 4. The van der Waals surface area contributed by atoms with Crippen molar-refractivity contribution in [2.45, 2.75) is 0 Å². The highest BCUT2D eigenvalue weighted by Gasteiger charge is 2.10. The average Bonchev–Trinajstić information content (AvgIpc) is 2.43. The van der Waals surface area contributed by atoms with Crippen LogP contribution >= 0.6 is 34.8 Å². The van der Waals surface area contributed by atoms with Gasteiger partial charge in [0.15, 0.2) is 11.6 Å². The van der Waals surface area contributed by atoms with E-state index in [2.05, 4.69) is 15.7 Å². The molecule has 1 aromatic carbocycles. The molecule has 0 spiro atoms. The zero-order valence-electron chi connectivity index (χ0n) is 10.4. The number of ether oxygens (including phenoxy) is 1. The Kier molecular flexibility index (Phi) is 4.77. The summed E-state index contributed by atoms with van der Waals surface area (Å²) in [4.78, 5) is 4.18. The van der Waals surface area contributed by atoms with E-state index in [1.54, 1.807) is 24.3 Å². The number of halogens is 3. The molecule has 106 valence electrons. The van der Waals surface area contributed by atoms with Gasteiger partial charge in [-0.1, -0.05) is 34.8 Å². The lowest BCUT2D eigenvalue weighted by Crippen LogP contribution is -2.10. The second kappa shape index (κ2) is 6.37. The Bertz CT molecular complexity index is 636. The van der Waals surface area contributed by atoms with Gasteiger partial charge < -0.3 is 15.5 Å². The second-order valence-corrected chi connectivity index (χ2v) is 4.99. The summed E-state index contributed by atoms with van der Waals surface area (Å²) in [5.74, 6) is 6.59. The Balaban J connectivity index is 2.34. The van der Waals surface area contributed by atoms with Gasteiger partial charge in [0.25, 0.3) is 0 Å². The van der Waals surface area contributed by atoms with Crippen molar-refractivity contribution in [3.8, 4) is 5.75 Å². The van der Waals surface area contributed by atoms with Crippen LogP contribution in [0.4, 0.5) is 17.3 Å². The third-order valence-electron chi connectivity index (χ3n) is 2.48. The van der Waals surface area contributed by atoms with Crippen molar-refractivity contribution in [3.05, 3.63) is 39.3 Å². The first kappa shape index (κ1) is 15.0. The molecular weight excluding hydrogens is 323 g/mol. The Labute approximate surface area is 131 Å². The normalized spacial score (nSPS) is 10.2. The van der Waals surface area contributed by atoms with E-state index in [4.69, 9.17) is 45.4 Å². The van der Waals surface area contributed by atoms with Crippen LogP contribution in [0.3, 0.4) is 0 Å². The maximum Gasteiger partial charge on any atom is 0.161 e. The van der Waals surface area contributed by atoms with Crippen LogP contribution in [-0.2, 0) is 0 Å². The summed E-state index contributed by atoms with van der Waals surface area (Å²) in [5.41, 5.74) is 3.11. The largest absolute Gasteiger partial charge is 0.495 e. The molecule has 0 aliphatic heterocycles. The Morgan fingerprint density at radius 3 is 2.40 bits per heavy atom. The Morgan fingerprint density at radius 1 is 1.05 bits per heavy atom. The highest BCUT2D eigenvalue weighted by atomic mass is 35.5. The molecule has 1 aromatic heterocycles. The van der Waals surface area contributed by atoms with Crippen LogP contribution in [0, 0.1) is 0 Å². The smallest absolute Gasteiger partial charge is 0.161 e. The van der Waals surface area contributed by atoms with Crippen molar-refractivity contribution >= 4 is 52.1 Å². The van der Waals surface area contributed by atoms with E-state index >= 15 is 0 Å². The van der Waals surface area contributed by atoms with Gasteiger partial charge in [0.2, 0.25) is 0 Å². The molecule has 0 fully saturated rings. The zero-order chi connectivity index (χ0) is 14.7. The number of anilines is 3. The van der Waals surface area contributed by atoms with Crippen molar-refractivity contribution in [1.29, 1.82) is 0 Å². The molecule has 0 bridgehead atoms. The molecule has 20 heavy (non-hydrogen) atoms. The lowest BCUT2D eigenvalue weighted by Gasteiger charge is -2.12. The SMILES string of the molecule is COc1cc(Nc2nc(NN)c(Cl)cc2Cl)ccc1Cl. The van der Waals surface area contributed by atoms with E-state index < -0.39 is 0 Å². The first-order valence-electron chi connectivity index (χ1n) is 5.48. The molecule has 2 rings (SSSR count). The predicted octanol–water partition coefficient (Wildman–Crippen LogP) is 4.08. The molecule has 1 heterocycles. The van der Waals surface area contributed by atoms with Gasteiger partial charge in [-0.15, -0.1) is 0 Å². The van der Waals surface area contributed by atoms with Crippen LogP contribution in [0.1, 0.15) is 0 Å². The maximum atomic E-state index is 6.08. The van der Waals surface area contributed by atoms with E-state index in [9.17, 15) is 0 Å². The van der Waals surface area contributed by atoms with E-state index in [-0.39, 0.29) is 0 Å². The number of aromatic nitrogens is 1. The van der Waals surface area contributed by atoms with E-state index in [0.29, 0.717) is 38.1 Å². The van der Waals surface area contributed by atoms with Gasteiger partial charge in [0.05, 0.1) is 22.2 Å². The standard InChI is InChI=1S/C12H11Cl3N4O/c1-20-10-4-6(2-3-7(10)13)17-11-8(14)5-9(15)12(18-11)19-16/h2-5H,16H2,1H3,(H2,17,18,19). The molecule has 0 atom stereocenters. The third-order valence-corrected chi connectivity index (χ3v) is 3.37. The van der Waals surface area contributed by atoms with Crippen LogP contribution in [0.15, 0.2) is 24.3 Å². The van der Waals surface area contributed by atoms with Gasteiger partial charge in [-0.3, -0.25) is 0 Å². The molecule has 0 saturated heterocycles. The summed E-state index contributed by atoms with van der Waals surface area (Å²) in [6.07, 6.45) is 0. The number of pyridine rings is 1. The number of hydrazine groups is 1. The van der Waals surface area contributed by atoms with Gasteiger partial charge >= 0.3 is 0 Å². The summed E-state index contributed by atoms with van der Waals surface area (Å²) < 4.78 is 5.14. The first-order valence-corrected chi connectivity index (χ1v) is 6.61. The van der Waals surface area contributed by atoms with Gasteiger partial charge in [0, 0.05) is 11.8 Å². The number of nitrogens with two attached hydrogens (primary N) is 1. The number of hydrogen-bond acceptors (Lipinski definition) is 5. The number of nitrogens with zero attached hydrogens (tertiary/aromatic N) is 1. The van der Waals surface area contributed by atoms with Crippen LogP contribution in [0.2, 0.25) is 15.1 Å². The van der Waals surface area contributed by atoms with Crippen LogP contribution < -0.4 is 21.3 Å². The molecule has 0 unspecified atom stereocenters. The molecule has 0 aliphatic carbocycles. The number of nitrogens with one attached hydrogen (secondary N) is 2. The number of nitrogen functional groups attached to an aromatic ring is 1. The number of benzene rings is 1. The van der Waals surface area contributed by atoms with E-state index in [1.807, 2.05) is 0 Å². The zero-order valence-corrected chi connectivity index (χ0v) is 12.6. The number of methoxy groups -OCH3 is 1. The minimum atomic E-state index is 0.319. The van der Waals surface area contributed by atoms with Crippen molar-refractivity contribution in [3.63, 3.8) is 0 Å². The molecule has 4 N–H and O–H groups in total. The van der Waals surface area contributed by atoms with Crippen molar-refractivity contribution < 1.29 is 4.74 Å². The fourth-order valence-corrected chi connectivity index (χ4v) is 2.18. The molecular formula is C12H11Cl3N4O. The maximum absolute atomic E-state index is 6.08. The molecule has 0 aliphatic rings. The highest BCUT2D eigenvalue weighted by Crippen LogP contribution is 2.33. The summed E-state index contributed by atoms with van der Waals surface area (Å²) in [5, 5.41) is 4.25. The lowest BCUT2D eigenvalue weighted by atomic mass is 10.3.